The lowest BCUT2D eigenvalue weighted by molar-refractivity contribution is 0.0691. The number of hydrogen-bond donors (Lipinski definition) is 2. The van der Waals surface area contributed by atoms with Gasteiger partial charge in [0, 0.05) is 10.6 Å². The topological polar surface area (TPSA) is 83.5 Å². The number of nitrogens with one attached hydrogen (secondary N) is 1. The molecule has 0 bridgehead atoms. The molecule has 21 heavy (non-hydrogen) atoms. The van der Waals surface area contributed by atoms with Crippen LogP contribution >= 0.6 is 11.6 Å². The fourth-order valence-electron chi connectivity index (χ4n) is 2.39. The van der Waals surface area contributed by atoms with Crippen LogP contribution in [0.3, 0.4) is 0 Å². The fraction of sp³-hybridized carbons (Fsp3) is 0.462. The van der Waals surface area contributed by atoms with E-state index in [1.165, 1.54) is 0 Å². The Hall–Kier alpha value is -1.18. The van der Waals surface area contributed by atoms with Gasteiger partial charge in [0.2, 0.25) is 10.0 Å². The van der Waals surface area contributed by atoms with Gasteiger partial charge in [0.15, 0.2) is 5.82 Å². The van der Waals surface area contributed by atoms with Crippen LogP contribution in [0.4, 0.5) is 4.39 Å². The lowest BCUT2D eigenvalue weighted by Gasteiger charge is -2.41. The number of benzene rings is 1. The van der Waals surface area contributed by atoms with Crippen LogP contribution in [0.25, 0.3) is 0 Å². The maximum atomic E-state index is 14.1. The quantitative estimate of drug-likeness (QED) is 0.866. The van der Waals surface area contributed by atoms with Crippen molar-refractivity contribution in [3.63, 3.8) is 0 Å². The third kappa shape index (κ3) is 3.04. The van der Waals surface area contributed by atoms with Crippen LogP contribution in [0.15, 0.2) is 17.0 Å². The molecule has 2 N–H and O–H groups in total. The zero-order chi connectivity index (χ0) is 15.8. The van der Waals surface area contributed by atoms with Gasteiger partial charge in [-0.3, -0.25) is 0 Å². The summed E-state index contributed by atoms with van der Waals surface area (Å²) in [5, 5.41) is 8.76. The summed E-state index contributed by atoms with van der Waals surface area (Å²) in [6.45, 7) is 1.85. The van der Waals surface area contributed by atoms with Gasteiger partial charge in [-0.05, 0) is 37.8 Å². The van der Waals surface area contributed by atoms with E-state index >= 15 is 0 Å². The Kier molecular flexibility index (Phi) is 4.28. The van der Waals surface area contributed by atoms with Crippen LogP contribution < -0.4 is 4.72 Å². The van der Waals surface area contributed by atoms with Crippen LogP contribution in [0.1, 0.15) is 43.0 Å². The molecule has 1 saturated carbocycles. The molecule has 0 saturated heterocycles. The van der Waals surface area contributed by atoms with Crippen LogP contribution in [0, 0.1) is 5.82 Å². The van der Waals surface area contributed by atoms with E-state index in [1.54, 1.807) is 0 Å². The Morgan fingerprint density at radius 2 is 2.10 bits per heavy atom. The molecule has 2 rings (SSSR count). The van der Waals surface area contributed by atoms with Gasteiger partial charge in [-0.2, -0.15) is 0 Å². The molecule has 1 fully saturated rings. The highest BCUT2D eigenvalue weighted by Gasteiger charge is 2.40. The molecule has 0 aliphatic heterocycles. The minimum atomic E-state index is -4.17. The number of carboxylic acids is 1. The predicted octanol–water partition coefficient (Wildman–Crippen LogP) is 2.79. The highest BCUT2D eigenvalue weighted by atomic mass is 35.5. The van der Waals surface area contributed by atoms with Crippen LogP contribution in [-0.2, 0) is 10.0 Å². The molecule has 1 aromatic carbocycles. The van der Waals surface area contributed by atoms with Gasteiger partial charge in [-0.15, -0.1) is 0 Å². The molecule has 0 heterocycles. The maximum Gasteiger partial charge on any atom is 0.338 e. The summed E-state index contributed by atoms with van der Waals surface area (Å²) in [6.07, 6.45) is 2.84. The first-order chi connectivity index (χ1) is 9.71. The molecule has 0 aromatic heterocycles. The summed E-state index contributed by atoms with van der Waals surface area (Å²) in [6, 6.07) is 1.81. The maximum absolute atomic E-state index is 14.1. The normalized spacial score (nSPS) is 17.3. The zero-order valence-corrected chi connectivity index (χ0v) is 12.9. The second-order valence-electron chi connectivity index (χ2n) is 5.16. The molecule has 0 unspecified atom stereocenters. The van der Waals surface area contributed by atoms with E-state index in [9.17, 15) is 17.6 Å². The van der Waals surface area contributed by atoms with Gasteiger partial charge in [-0.1, -0.05) is 18.5 Å². The Labute approximate surface area is 127 Å². The molecule has 0 amide bonds. The molecule has 5 nitrogen and oxygen atoms in total. The second-order valence-corrected chi connectivity index (χ2v) is 7.25. The molecular weight excluding hydrogens is 321 g/mol. The first-order valence-electron chi connectivity index (χ1n) is 6.47. The fourth-order valence-corrected chi connectivity index (χ4v) is 4.33. The number of carboxylic acid groups (broad SMARTS) is 1. The minimum absolute atomic E-state index is 0.145. The van der Waals surface area contributed by atoms with Crippen LogP contribution in [0.5, 0.6) is 0 Å². The molecule has 8 heteroatoms. The van der Waals surface area contributed by atoms with Gasteiger partial charge in [0.1, 0.15) is 4.90 Å². The molecule has 1 aliphatic rings. The zero-order valence-electron chi connectivity index (χ0n) is 11.3. The SMILES string of the molecule is CCC1(NS(=O)(=O)c2cc(Cl)cc(C(=O)O)c2F)CCC1. The van der Waals surface area contributed by atoms with Crippen molar-refractivity contribution in [2.75, 3.05) is 0 Å². The Balaban J connectivity index is 2.47. The average Bonchev–Trinajstić information content (AvgIpc) is 2.35. The molecule has 0 radical (unpaired) electrons. The van der Waals surface area contributed by atoms with Crippen molar-refractivity contribution < 1.29 is 22.7 Å². The standard InChI is InChI=1S/C13H15ClFNO4S/c1-2-13(4-3-5-13)16-21(19,20)10-7-8(14)6-9(11(10)15)12(17)18/h6-7,16H,2-5H2,1H3,(H,17,18). The number of sulfonamides is 1. The molecule has 1 aliphatic carbocycles. The Bertz CT molecular complexity index is 680. The van der Waals surface area contributed by atoms with Gasteiger partial charge < -0.3 is 5.11 Å². The molecule has 0 atom stereocenters. The van der Waals surface area contributed by atoms with Crippen LogP contribution in [-0.4, -0.2) is 25.0 Å². The van der Waals surface area contributed by atoms with Crippen molar-refractivity contribution in [2.45, 2.75) is 43.0 Å². The highest BCUT2D eigenvalue weighted by molar-refractivity contribution is 7.89. The molecule has 0 spiro atoms. The van der Waals surface area contributed by atoms with Crippen molar-refractivity contribution >= 4 is 27.6 Å². The molecule has 116 valence electrons. The summed E-state index contributed by atoms with van der Waals surface area (Å²) in [5.41, 5.74) is -1.33. The van der Waals surface area contributed by atoms with E-state index in [4.69, 9.17) is 16.7 Å². The van der Waals surface area contributed by atoms with Crippen molar-refractivity contribution in [3.05, 3.63) is 28.5 Å². The summed E-state index contributed by atoms with van der Waals surface area (Å²) < 4.78 is 41.3. The number of rotatable bonds is 5. The van der Waals surface area contributed by atoms with E-state index in [0.29, 0.717) is 19.3 Å². The van der Waals surface area contributed by atoms with Gasteiger partial charge in [0.05, 0.1) is 5.56 Å². The largest absolute Gasteiger partial charge is 0.478 e. The van der Waals surface area contributed by atoms with E-state index in [-0.39, 0.29) is 5.02 Å². The predicted molar refractivity (Wildman–Crippen MR) is 75.6 cm³/mol. The van der Waals surface area contributed by atoms with Crippen molar-refractivity contribution in [2.24, 2.45) is 0 Å². The Morgan fingerprint density at radius 3 is 2.52 bits per heavy atom. The summed E-state index contributed by atoms with van der Waals surface area (Å²) in [5.74, 6) is -2.87. The molecule has 1 aromatic rings. The third-order valence-electron chi connectivity index (χ3n) is 3.86. The van der Waals surface area contributed by atoms with Gasteiger partial charge >= 0.3 is 5.97 Å². The Morgan fingerprint density at radius 1 is 1.48 bits per heavy atom. The lowest BCUT2D eigenvalue weighted by atomic mass is 9.76. The van der Waals surface area contributed by atoms with E-state index < -0.39 is 37.8 Å². The van der Waals surface area contributed by atoms with E-state index in [0.717, 1.165) is 18.6 Å². The minimum Gasteiger partial charge on any atom is -0.478 e. The summed E-state index contributed by atoms with van der Waals surface area (Å²) in [4.78, 5) is 10.2. The third-order valence-corrected chi connectivity index (χ3v) is 5.66. The average molecular weight is 336 g/mol. The van der Waals surface area contributed by atoms with Crippen molar-refractivity contribution in [1.82, 2.24) is 4.72 Å². The van der Waals surface area contributed by atoms with Crippen molar-refractivity contribution in [1.29, 1.82) is 0 Å². The first-order valence-corrected chi connectivity index (χ1v) is 8.33. The first kappa shape index (κ1) is 16.2. The van der Waals surface area contributed by atoms with Gasteiger partial charge in [0.25, 0.3) is 0 Å². The summed E-state index contributed by atoms with van der Waals surface area (Å²) in [7, 11) is -4.17. The van der Waals surface area contributed by atoms with Gasteiger partial charge in [-0.25, -0.2) is 22.3 Å². The number of carbonyl (C=O) groups is 1. The highest BCUT2D eigenvalue weighted by Crippen LogP contribution is 2.36. The summed E-state index contributed by atoms with van der Waals surface area (Å²) >= 11 is 5.70. The van der Waals surface area contributed by atoms with E-state index in [1.807, 2.05) is 6.92 Å². The van der Waals surface area contributed by atoms with Crippen LogP contribution in [0.2, 0.25) is 5.02 Å². The molecular formula is C13H15ClFNO4S. The lowest BCUT2D eigenvalue weighted by Crippen LogP contribution is -2.52. The number of hydrogen-bond acceptors (Lipinski definition) is 3. The monoisotopic (exact) mass is 335 g/mol. The smallest absolute Gasteiger partial charge is 0.338 e. The number of aromatic carboxylic acids is 1. The second kappa shape index (κ2) is 5.55. The number of halogens is 2. The van der Waals surface area contributed by atoms with Crippen molar-refractivity contribution in [3.8, 4) is 0 Å². The van der Waals surface area contributed by atoms with E-state index in [2.05, 4.69) is 4.72 Å².